The summed E-state index contributed by atoms with van der Waals surface area (Å²) < 4.78 is 1.61. The fourth-order valence-electron chi connectivity index (χ4n) is 1.81. The second-order valence-electron chi connectivity index (χ2n) is 3.72. The van der Waals surface area contributed by atoms with Crippen molar-refractivity contribution in [3.05, 3.63) is 42.1 Å². The number of nitrogens with zero attached hydrogens (tertiary/aromatic N) is 6. The van der Waals surface area contributed by atoms with Crippen molar-refractivity contribution in [3.63, 3.8) is 0 Å². The van der Waals surface area contributed by atoms with E-state index in [0.717, 1.165) is 0 Å². The number of aromatic nitrogens is 5. The first-order valence-corrected chi connectivity index (χ1v) is 5.32. The Kier molecular flexibility index (Phi) is 2.24. The van der Waals surface area contributed by atoms with Crippen LogP contribution in [0.4, 0.5) is 0 Å². The predicted molar refractivity (Wildman–Crippen MR) is 63.9 cm³/mol. The normalized spacial score (nSPS) is 10.4. The van der Waals surface area contributed by atoms with Crippen LogP contribution in [0.3, 0.4) is 0 Å². The van der Waals surface area contributed by atoms with Gasteiger partial charge in [-0.2, -0.15) is 10.4 Å². The Hall–Kier alpha value is -2.81. The van der Waals surface area contributed by atoms with E-state index in [1.807, 2.05) is 0 Å². The maximum atomic E-state index is 9.20. The molecule has 3 rings (SSSR count). The minimum Gasteiger partial charge on any atom is -0.260 e. The number of fused-ring (bicyclic) bond motifs is 1. The topological polar surface area (TPSA) is 80.3 Å². The number of nitriles is 1. The largest absolute Gasteiger partial charge is 0.260 e. The van der Waals surface area contributed by atoms with Crippen molar-refractivity contribution in [2.24, 2.45) is 0 Å². The SMILES string of the molecule is Cc1nccc(-n2ncc3nccnc32)c1C#N. The van der Waals surface area contributed by atoms with E-state index < -0.39 is 0 Å². The molecule has 0 fully saturated rings. The third kappa shape index (κ3) is 1.42. The van der Waals surface area contributed by atoms with Crippen LogP contribution in [0.5, 0.6) is 0 Å². The van der Waals surface area contributed by atoms with Gasteiger partial charge in [-0.1, -0.05) is 0 Å². The smallest absolute Gasteiger partial charge is 0.181 e. The van der Waals surface area contributed by atoms with Crippen molar-refractivity contribution in [1.29, 1.82) is 5.26 Å². The van der Waals surface area contributed by atoms with E-state index in [2.05, 4.69) is 26.1 Å². The number of rotatable bonds is 1. The van der Waals surface area contributed by atoms with Crippen LogP contribution in [-0.4, -0.2) is 24.7 Å². The molecule has 6 heteroatoms. The third-order valence-corrected chi connectivity index (χ3v) is 2.66. The molecule has 0 atom stereocenters. The van der Waals surface area contributed by atoms with E-state index in [1.165, 1.54) is 0 Å². The molecule has 0 saturated heterocycles. The lowest BCUT2D eigenvalue weighted by Crippen LogP contribution is -2.03. The molecule has 0 saturated carbocycles. The van der Waals surface area contributed by atoms with Crippen molar-refractivity contribution >= 4 is 11.2 Å². The molecule has 0 amide bonds. The molecule has 0 spiro atoms. The van der Waals surface area contributed by atoms with Crippen LogP contribution in [0.1, 0.15) is 11.3 Å². The zero-order valence-electron chi connectivity index (χ0n) is 9.57. The van der Waals surface area contributed by atoms with Crippen molar-refractivity contribution in [2.45, 2.75) is 6.92 Å². The first-order valence-electron chi connectivity index (χ1n) is 5.32. The summed E-state index contributed by atoms with van der Waals surface area (Å²) in [5, 5.41) is 13.4. The van der Waals surface area contributed by atoms with Gasteiger partial charge >= 0.3 is 0 Å². The van der Waals surface area contributed by atoms with Gasteiger partial charge < -0.3 is 0 Å². The average Bonchev–Trinajstić information content (AvgIpc) is 2.82. The standard InChI is InChI=1S/C12H8N6/c1-8-9(6-13)11(2-3-14-8)18-12-10(7-17-18)15-4-5-16-12/h2-5,7H,1H3. The van der Waals surface area contributed by atoms with Gasteiger partial charge in [0.25, 0.3) is 0 Å². The van der Waals surface area contributed by atoms with Crippen LogP contribution in [0.2, 0.25) is 0 Å². The lowest BCUT2D eigenvalue weighted by atomic mass is 10.2. The fourth-order valence-corrected chi connectivity index (χ4v) is 1.81. The summed E-state index contributed by atoms with van der Waals surface area (Å²) in [5.41, 5.74) is 3.15. The highest BCUT2D eigenvalue weighted by Crippen LogP contribution is 2.18. The molecule has 0 unspecified atom stereocenters. The molecule has 0 aliphatic heterocycles. The second kappa shape index (κ2) is 3.89. The third-order valence-electron chi connectivity index (χ3n) is 2.66. The highest BCUT2D eigenvalue weighted by molar-refractivity contribution is 5.72. The molecule has 0 aromatic carbocycles. The second-order valence-corrected chi connectivity index (χ2v) is 3.72. The number of aryl methyl sites for hydroxylation is 1. The molecule has 0 aliphatic carbocycles. The van der Waals surface area contributed by atoms with Crippen LogP contribution in [0.15, 0.2) is 30.9 Å². The molecule has 3 aromatic rings. The molecule has 18 heavy (non-hydrogen) atoms. The van der Waals surface area contributed by atoms with Crippen molar-refractivity contribution in [3.8, 4) is 11.8 Å². The monoisotopic (exact) mass is 236 g/mol. The first kappa shape index (κ1) is 10.4. The zero-order chi connectivity index (χ0) is 12.5. The van der Waals surface area contributed by atoms with Gasteiger partial charge in [-0.25, -0.2) is 14.6 Å². The van der Waals surface area contributed by atoms with Gasteiger partial charge in [0, 0.05) is 18.6 Å². The summed E-state index contributed by atoms with van der Waals surface area (Å²) in [5.74, 6) is 0. The quantitative estimate of drug-likeness (QED) is 0.637. The van der Waals surface area contributed by atoms with Gasteiger partial charge in [-0.15, -0.1) is 0 Å². The van der Waals surface area contributed by atoms with Crippen molar-refractivity contribution < 1.29 is 0 Å². The predicted octanol–water partition coefficient (Wildman–Crippen LogP) is 1.39. The minimum absolute atomic E-state index is 0.494. The Labute approximate surface area is 103 Å². The first-order chi connectivity index (χ1) is 8.81. The van der Waals surface area contributed by atoms with Crippen molar-refractivity contribution in [1.82, 2.24) is 24.7 Å². The number of hydrogen-bond acceptors (Lipinski definition) is 5. The van der Waals surface area contributed by atoms with E-state index in [4.69, 9.17) is 0 Å². The lowest BCUT2D eigenvalue weighted by Gasteiger charge is -2.06. The molecule has 3 heterocycles. The summed E-state index contributed by atoms with van der Waals surface area (Å²) in [6, 6.07) is 3.89. The Morgan fingerprint density at radius 3 is 2.83 bits per heavy atom. The molecular formula is C12H8N6. The summed E-state index contributed by atoms with van der Waals surface area (Å²) >= 11 is 0. The molecule has 0 bridgehead atoms. The Balaban J connectivity index is 2.34. The fraction of sp³-hybridized carbons (Fsp3) is 0.0833. The Bertz CT molecular complexity index is 768. The minimum atomic E-state index is 0.494. The van der Waals surface area contributed by atoms with Crippen LogP contribution in [0.25, 0.3) is 16.9 Å². The number of pyridine rings is 1. The summed E-state index contributed by atoms with van der Waals surface area (Å²) in [4.78, 5) is 12.5. The van der Waals surface area contributed by atoms with E-state index >= 15 is 0 Å². The molecule has 0 radical (unpaired) electrons. The van der Waals surface area contributed by atoms with Gasteiger partial charge in [-0.3, -0.25) is 4.98 Å². The molecule has 3 aromatic heterocycles. The molecule has 86 valence electrons. The molecule has 0 N–H and O–H groups in total. The average molecular weight is 236 g/mol. The van der Waals surface area contributed by atoms with Crippen LogP contribution in [0, 0.1) is 18.3 Å². The maximum absolute atomic E-state index is 9.20. The molecule has 6 nitrogen and oxygen atoms in total. The Morgan fingerprint density at radius 1 is 1.17 bits per heavy atom. The highest BCUT2D eigenvalue weighted by Gasteiger charge is 2.12. The summed E-state index contributed by atoms with van der Waals surface area (Å²) in [6.07, 6.45) is 6.48. The van der Waals surface area contributed by atoms with E-state index in [0.29, 0.717) is 28.1 Å². The molecular weight excluding hydrogens is 228 g/mol. The van der Waals surface area contributed by atoms with E-state index in [1.54, 1.807) is 42.5 Å². The highest BCUT2D eigenvalue weighted by atomic mass is 15.3. The van der Waals surface area contributed by atoms with Gasteiger partial charge in [-0.05, 0) is 13.0 Å². The van der Waals surface area contributed by atoms with E-state index in [-0.39, 0.29) is 0 Å². The summed E-state index contributed by atoms with van der Waals surface area (Å²) in [6.45, 7) is 1.79. The van der Waals surface area contributed by atoms with Gasteiger partial charge in [0.1, 0.15) is 11.6 Å². The van der Waals surface area contributed by atoms with Gasteiger partial charge in [0.05, 0.1) is 23.1 Å². The Morgan fingerprint density at radius 2 is 2.00 bits per heavy atom. The van der Waals surface area contributed by atoms with Crippen LogP contribution in [-0.2, 0) is 0 Å². The van der Waals surface area contributed by atoms with Gasteiger partial charge in [0.2, 0.25) is 0 Å². The van der Waals surface area contributed by atoms with Crippen LogP contribution < -0.4 is 0 Å². The number of hydrogen-bond donors (Lipinski definition) is 0. The van der Waals surface area contributed by atoms with E-state index in [9.17, 15) is 5.26 Å². The maximum Gasteiger partial charge on any atom is 0.181 e. The molecule has 0 aliphatic rings. The van der Waals surface area contributed by atoms with Crippen LogP contribution >= 0.6 is 0 Å². The zero-order valence-corrected chi connectivity index (χ0v) is 9.57. The lowest BCUT2D eigenvalue weighted by molar-refractivity contribution is 0.886. The summed E-state index contributed by atoms with van der Waals surface area (Å²) in [7, 11) is 0. The van der Waals surface area contributed by atoms with Gasteiger partial charge in [0.15, 0.2) is 5.65 Å². The van der Waals surface area contributed by atoms with Crippen molar-refractivity contribution in [2.75, 3.05) is 0 Å².